The average molecular weight is 567 g/mol. The summed E-state index contributed by atoms with van der Waals surface area (Å²) < 4.78 is 0. The van der Waals surface area contributed by atoms with E-state index in [1.165, 1.54) is 0 Å². The van der Waals surface area contributed by atoms with Gasteiger partial charge in [0.25, 0.3) is 0 Å². The van der Waals surface area contributed by atoms with Gasteiger partial charge in [0.2, 0.25) is 23.6 Å². The zero-order valence-corrected chi connectivity index (χ0v) is 22.2. The molecule has 0 aliphatic carbocycles. The summed E-state index contributed by atoms with van der Waals surface area (Å²) in [5, 5.41) is 27.2. The van der Waals surface area contributed by atoms with E-state index in [1.54, 1.807) is 36.5 Å². The number of primary amides is 1. The Balaban J connectivity index is 1.82. The number of aliphatic carboxylic acids is 1. The molecular weight excluding hydrogens is 532 g/mol. The van der Waals surface area contributed by atoms with E-state index >= 15 is 0 Å². The Hall–Kier alpha value is -4.75. The largest absolute Gasteiger partial charge is 0.480 e. The average Bonchev–Trinajstić information content (AvgIpc) is 3.36. The zero-order chi connectivity index (χ0) is 29.9. The first-order valence-corrected chi connectivity index (χ1v) is 13.0. The summed E-state index contributed by atoms with van der Waals surface area (Å²) in [7, 11) is 0. The van der Waals surface area contributed by atoms with Crippen molar-refractivity contribution in [2.24, 2.45) is 11.5 Å². The predicted octanol–water partition coefficient (Wildman–Crippen LogP) is -0.923. The highest BCUT2D eigenvalue weighted by atomic mass is 16.4. The second-order valence-corrected chi connectivity index (χ2v) is 9.57. The van der Waals surface area contributed by atoms with E-state index in [1.807, 2.05) is 24.3 Å². The summed E-state index contributed by atoms with van der Waals surface area (Å²) in [4.78, 5) is 65.7. The Morgan fingerprint density at radius 1 is 0.805 bits per heavy atom. The molecule has 0 saturated heterocycles. The van der Waals surface area contributed by atoms with Gasteiger partial charge in [-0.05, 0) is 23.6 Å². The topological polar surface area (TPSA) is 230 Å². The molecule has 13 heteroatoms. The fourth-order valence-corrected chi connectivity index (χ4v) is 4.24. The maximum Gasteiger partial charge on any atom is 0.326 e. The van der Waals surface area contributed by atoms with Crippen LogP contribution in [0.1, 0.15) is 24.0 Å². The molecule has 10 N–H and O–H groups in total. The fourth-order valence-electron chi connectivity index (χ4n) is 4.24. The van der Waals surface area contributed by atoms with Crippen molar-refractivity contribution in [2.45, 2.75) is 49.9 Å². The molecule has 4 amide bonds. The first kappa shape index (κ1) is 30.8. The van der Waals surface area contributed by atoms with Crippen molar-refractivity contribution in [1.29, 1.82) is 0 Å². The lowest BCUT2D eigenvalue weighted by Gasteiger charge is -2.25. The maximum absolute atomic E-state index is 13.5. The minimum Gasteiger partial charge on any atom is -0.480 e. The molecule has 218 valence electrons. The number of carbonyl (C=O) groups is 5. The summed E-state index contributed by atoms with van der Waals surface area (Å²) in [5.74, 6) is -4.43. The molecule has 0 fully saturated rings. The number of aliphatic hydroxyl groups is 1. The summed E-state index contributed by atoms with van der Waals surface area (Å²) >= 11 is 0. The molecule has 0 bridgehead atoms. The summed E-state index contributed by atoms with van der Waals surface area (Å²) in [5.41, 5.74) is 13.1. The number of aromatic nitrogens is 1. The Kier molecular flexibility index (Phi) is 11.0. The lowest BCUT2D eigenvalue weighted by atomic mass is 10.0. The Morgan fingerprint density at radius 3 is 2.07 bits per heavy atom. The third-order valence-electron chi connectivity index (χ3n) is 6.48. The van der Waals surface area contributed by atoms with Crippen LogP contribution in [0.25, 0.3) is 10.9 Å². The molecular formula is C28H34N6O7. The summed E-state index contributed by atoms with van der Waals surface area (Å²) in [6.07, 6.45) is 1.17. The number of carbonyl (C=O) groups excluding carboxylic acids is 4. The van der Waals surface area contributed by atoms with Crippen molar-refractivity contribution in [3.05, 3.63) is 71.9 Å². The Labute approximate surface area is 235 Å². The number of hydrogen-bond donors (Lipinski definition) is 8. The molecule has 4 unspecified atom stereocenters. The van der Waals surface area contributed by atoms with Gasteiger partial charge >= 0.3 is 5.97 Å². The van der Waals surface area contributed by atoms with Gasteiger partial charge in [0.15, 0.2) is 0 Å². The maximum atomic E-state index is 13.5. The van der Waals surface area contributed by atoms with Crippen LogP contribution in [0.15, 0.2) is 60.8 Å². The van der Waals surface area contributed by atoms with Crippen LogP contribution < -0.4 is 27.4 Å². The number of H-pyrrole nitrogens is 1. The molecule has 0 radical (unpaired) electrons. The van der Waals surface area contributed by atoms with Crippen LogP contribution in [0.5, 0.6) is 0 Å². The first-order valence-electron chi connectivity index (χ1n) is 13.0. The van der Waals surface area contributed by atoms with Crippen molar-refractivity contribution in [3.8, 4) is 0 Å². The second kappa shape index (κ2) is 14.6. The smallest absolute Gasteiger partial charge is 0.326 e. The summed E-state index contributed by atoms with van der Waals surface area (Å²) in [6.45, 7) is -0.658. The van der Waals surface area contributed by atoms with Crippen molar-refractivity contribution < 1.29 is 34.2 Å². The third-order valence-corrected chi connectivity index (χ3v) is 6.48. The van der Waals surface area contributed by atoms with E-state index in [0.717, 1.165) is 10.9 Å². The summed E-state index contributed by atoms with van der Waals surface area (Å²) in [6, 6.07) is 10.8. The standard InChI is InChI=1S/C28H34N6O7/c29-19(15-35)25(37)33-22(13-17-14-31-20-9-5-4-8-18(17)20)27(39)32-21(10-11-24(30)36)26(38)34-23(28(40)41)12-16-6-2-1-3-7-16/h1-9,14,19,21-23,31,35H,10-13,15,29H2,(H2,30,36)(H,32,39)(H,33,37)(H,34,38)(H,40,41). The molecule has 3 rings (SSSR count). The molecule has 0 spiro atoms. The highest BCUT2D eigenvalue weighted by Gasteiger charge is 2.31. The number of nitrogens with one attached hydrogen (secondary N) is 4. The van der Waals surface area contributed by atoms with Gasteiger partial charge in [0.1, 0.15) is 24.2 Å². The number of hydrogen-bond acceptors (Lipinski definition) is 7. The van der Waals surface area contributed by atoms with Crippen LogP contribution in [0, 0.1) is 0 Å². The van der Waals surface area contributed by atoms with E-state index in [4.69, 9.17) is 11.5 Å². The minimum atomic E-state index is -1.35. The van der Waals surface area contributed by atoms with Gasteiger partial charge in [-0.25, -0.2) is 4.79 Å². The van der Waals surface area contributed by atoms with Crippen LogP contribution >= 0.6 is 0 Å². The molecule has 4 atom stereocenters. The van der Waals surface area contributed by atoms with Crippen molar-refractivity contribution in [2.75, 3.05) is 6.61 Å². The number of amides is 4. The van der Waals surface area contributed by atoms with Crippen LogP contribution in [0.3, 0.4) is 0 Å². The number of carboxylic acids is 1. The predicted molar refractivity (Wildman–Crippen MR) is 149 cm³/mol. The molecule has 0 aliphatic heterocycles. The number of fused-ring (bicyclic) bond motifs is 1. The van der Waals surface area contributed by atoms with Gasteiger partial charge in [-0.3, -0.25) is 19.2 Å². The molecule has 2 aromatic carbocycles. The molecule has 13 nitrogen and oxygen atoms in total. The highest BCUT2D eigenvalue weighted by molar-refractivity contribution is 5.95. The lowest BCUT2D eigenvalue weighted by molar-refractivity contribution is -0.142. The Morgan fingerprint density at radius 2 is 1.41 bits per heavy atom. The number of para-hydroxylation sites is 1. The molecule has 3 aromatic rings. The van der Waals surface area contributed by atoms with Crippen molar-refractivity contribution in [3.63, 3.8) is 0 Å². The van der Waals surface area contributed by atoms with Gasteiger partial charge < -0.3 is 42.6 Å². The molecule has 0 aliphatic rings. The number of aromatic amines is 1. The van der Waals surface area contributed by atoms with Gasteiger partial charge in [-0.15, -0.1) is 0 Å². The van der Waals surface area contributed by atoms with Crippen LogP contribution in [0.4, 0.5) is 0 Å². The van der Waals surface area contributed by atoms with E-state index in [9.17, 15) is 34.2 Å². The van der Waals surface area contributed by atoms with Crippen LogP contribution in [0.2, 0.25) is 0 Å². The molecule has 0 saturated carbocycles. The van der Waals surface area contributed by atoms with Crippen LogP contribution in [-0.4, -0.2) is 75.6 Å². The number of aliphatic hydroxyl groups excluding tert-OH is 1. The van der Waals surface area contributed by atoms with Gasteiger partial charge in [-0.2, -0.15) is 0 Å². The van der Waals surface area contributed by atoms with Crippen LogP contribution in [-0.2, 0) is 36.8 Å². The van der Waals surface area contributed by atoms with Gasteiger partial charge in [0, 0.05) is 36.4 Å². The zero-order valence-electron chi connectivity index (χ0n) is 22.2. The molecule has 1 heterocycles. The normalized spacial score (nSPS) is 13.9. The third kappa shape index (κ3) is 8.88. The van der Waals surface area contributed by atoms with Gasteiger partial charge in [0.05, 0.1) is 6.61 Å². The van der Waals surface area contributed by atoms with E-state index in [-0.39, 0.29) is 25.7 Å². The quantitative estimate of drug-likeness (QED) is 0.114. The number of rotatable bonds is 15. The number of nitrogens with two attached hydrogens (primary N) is 2. The number of carboxylic acid groups (broad SMARTS) is 1. The fraction of sp³-hybridized carbons (Fsp3) is 0.321. The SMILES string of the molecule is NC(=O)CCC(NC(=O)C(Cc1c[nH]c2ccccc12)NC(=O)C(N)CO)C(=O)NC(Cc1ccccc1)C(=O)O. The van der Waals surface area contributed by atoms with E-state index < -0.39 is 60.4 Å². The minimum absolute atomic E-state index is 0.00431. The van der Waals surface area contributed by atoms with E-state index in [2.05, 4.69) is 20.9 Å². The monoisotopic (exact) mass is 566 g/mol. The molecule has 41 heavy (non-hydrogen) atoms. The highest BCUT2D eigenvalue weighted by Crippen LogP contribution is 2.19. The van der Waals surface area contributed by atoms with Gasteiger partial charge in [-0.1, -0.05) is 48.5 Å². The second-order valence-electron chi connectivity index (χ2n) is 9.57. The van der Waals surface area contributed by atoms with Crippen molar-refractivity contribution in [1.82, 2.24) is 20.9 Å². The first-order chi connectivity index (χ1) is 19.6. The Bertz CT molecular complexity index is 1380. The van der Waals surface area contributed by atoms with Crippen molar-refractivity contribution >= 4 is 40.5 Å². The number of benzene rings is 2. The van der Waals surface area contributed by atoms with E-state index in [0.29, 0.717) is 11.1 Å². The lowest BCUT2D eigenvalue weighted by Crippen LogP contribution is -2.58. The molecule has 1 aromatic heterocycles.